The number of carbonyl (C=O) groups excluding carboxylic acids is 3. The number of benzene rings is 4. The van der Waals surface area contributed by atoms with E-state index in [-0.39, 0.29) is 19.0 Å². The van der Waals surface area contributed by atoms with E-state index in [1.165, 1.54) is 11.0 Å². The summed E-state index contributed by atoms with van der Waals surface area (Å²) in [4.78, 5) is 40.2. The number of likely N-dealkylation sites (N-methyl/N-ethyl adjacent to an activating group) is 1. The molecular formula is C32H28N2O7. The van der Waals surface area contributed by atoms with E-state index in [1.54, 1.807) is 19.2 Å². The van der Waals surface area contributed by atoms with Gasteiger partial charge < -0.3 is 29.2 Å². The zero-order chi connectivity index (χ0) is 28.6. The molecule has 1 aliphatic rings. The van der Waals surface area contributed by atoms with Gasteiger partial charge in [-0.05, 0) is 28.8 Å². The SMILES string of the molecule is CN1C(=O)[C@@H](NC(=O)OCc2ccccc2)[C@@H](c2ccccc2)Oc2ccc(OC(=O)OCc3ccccc3)cc21. The molecule has 9 nitrogen and oxygen atoms in total. The highest BCUT2D eigenvalue weighted by Crippen LogP contribution is 2.39. The molecule has 0 bridgehead atoms. The van der Waals surface area contributed by atoms with Crippen LogP contribution in [0.2, 0.25) is 0 Å². The minimum Gasteiger partial charge on any atom is -0.481 e. The summed E-state index contributed by atoms with van der Waals surface area (Å²) in [5.41, 5.74) is 2.66. The van der Waals surface area contributed by atoms with Gasteiger partial charge in [0.05, 0.1) is 5.69 Å². The Morgan fingerprint density at radius 1 is 0.805 bits per heavy atom. The Bertz CT molecular complexity index is 1500. The van der Waals surface area contributed by atoms with Gasteiger partial charge in [0.2, 0.25) is 0 Å². The zero-order valence-corrected chi connectivity index (χ0v) is 22.3. The molecule has 0 radical (unpaired) electrons. The van der Waals surface area contributed by atoms with Crippen LogP contribution in [-0.2, 0) is 27.5 Å². The molecular weight excluding hydrogens is 524 g/mol. The van der Waals surface area contributed by atoms with Crippen molar-refractivity contribution in [2.24, 2.45) is 0 Å². The second-order valence-electron chi connectivity index (χ2n) is 9.29. The number of carbonyl (C=O) groups is 3. The second kappa shape index (κ2) is 12.7. The third-order valence-corrected chi connectivity index (χ3v) is 6.46. The lowest BCUT2D eigenvalue weighted by atomic mass is 10.0. The van der Waals surface area contributed by atoms with Crippen LogP contribution in [0.1, 0.15) is 22.8 Å². The van der Waals surface area contributed by atoms with Crippen molar-refractivity contribution in [2.75, 3.05) is 11.9 Å². The molecule has 0 saturated heterocycles. The number of nitrogens with zero attached hydrogens (tertiary/aromatic N) is 1. The average molecular weight is 553 g/mol. The van der Waals surface area contributed by atoms with Gasteiger partial charge in [0, 0.05) is 13.1 Å². The van der Waals surface area contributed by atoms with Gasteiger partial charge in [0.25, 0.3) is 5.91 Å². The van der Waals surface area contributed by atoms with Gasteiger partial charge in [-0.25, -0.2) is 9.59 Å². The summed E-state index contributed by atoms with van der Waals surface area (Å²) in [6, 6.07) is 31.1. The van der Waals surface area contributed by atoms with E-state index in [9.17, 15) is 14.4 Å². The van der Waals surface area contributed by atoms with Crippen LogP contribution < -0.4 is 19.7 Å². The summed E-state index contributed by atoms with van der Waals surface area (Å²) in [5, 5.41) is 2.69. The van der Waals surface area contributed by atoms with Crippen molar-refractivity contribution in [2.45, 2.75) is 25.4 Å². The molecule has 1 heterocycles. The van der Waals surface area contributed by atoms with Crippen molar-refractivity contribution in [3.63, 3.8) is 0 Å². The molecule has 0 aliphatic carbocycles. The van der Waals surface area contributed by atoms with E-state index in [2.05, 4.69) is 5.32 Å². The first-order valence-electron chi connectivity index (χ1n) is 13.0. The Morgan fingerprint density at radius 2 is 1.39 bits per heavy atom. The van der Waals surface area contributed by atoms with Crippen LogP contribution in [-0.4, -0.2) is 31.2 Å². The van der Waals surface area contributed by atoms with E-state index >= 15 is 0 Å². The molecule has 0 fully saturated rings. The zero-order valence-electron chi connectivity index (χ0n) is 22.3. The summed E-state index contributed by atoms with van der Waals surface area (Å²) < 4.78 is 22.3. The third-order valence-electron chi connectivity index (χ3n) is 6.46. The molecule has 41 heavy (non-hydrogen) atoms. The molecule has 1 aliphatic heterocycles. The van der Waals surface area contributed by atoms with E-state index in [4.69, 9.17) is 18.9 Å². The Kier molecular flexibility index (Phi) is 8.44. The number of hydrogen-bond acceptors (Lipinski definition) is 7. The summed E-state index contributed by atoms with van der Waals surface area (Å²) in [6.45, 7) is 0.0974. The first kappa shape index (κ1) is 27.3. The number of nitrogens with one attached hydrogen (secondary N) is 1. The number of fused-ring (bicyclic) bond motifs is 1. The van der Waals surface area contributed by atoms with Gasteiger partial charge in [-0.15, -0.1) is 0 Å². The monoisotopic (exact) mass is 552 g/mol. The van der Waals surface area contributed by atoms with Gasteiger partial charge in [-0.3, -0.25) is 4.79 Å². The number of hydrogen-bond donors (Lipinski definition) is 1. The maximum absolute atomic E-state index is 13.7. The minimum atomic E-state index is -1.11. The first-order valence-corrected chi connectivity index (χ1v) is 13.0. The van der Waals surface area contributed by atoms with Crippen molar-refractivity contribution >= 4 is 23.8 Å². The summed E-state index contributed by atoms with van der Waals surface area (Å²) in [6.07, 6.45) is -2.51. The quantitative estimate of drug-likeness (QED) is 0.229. The summed E-state index contributed by atoms with van der Waals surface area (Å²) >= 11 is 0. The van der Waals surface area contributed by atoms with Gasteiger partial charge in [-0.2, -0.15) is 0 Å². The van der Waals surface area contributed by atoms with Crippen LogP contribution in [0.5, 0.6) is 11.5 Å². The number of amides is 2. The van der Waals surface area contributed by atoms with Gasteiger partial charge >= 0.3 is 12.2 Å². The molecule has 0 aromatic heterocycles. The number of ether oxygens (including phenoxy) is 4. The van der Waals surface area contributed by atoms with E-state index in [1.807, 2.05) is 91.0 Å². The Balaban J connectivity index is 1.34. The van der Waals surface area contributed by atoms with Crippen LogP contribution in [0.3, 0.4) is 0 Å². The predicted octanol–water partition coefficient (Wildman–Crippen LogP) is 5.79. The first-order chi connectivity index (χ1) is 20.0. The van der Waals surface area contributed by atoms with Gasteiger partial charge in [0.15, 0.2) is 12.1 Å². The molecule has 9 heteroatoms. The lowest BCUT2D eigenvalue weighted by Gasteiger charge is -2.26. The highest BCUT2D eigenvalue weighted by molar-refractivity contribution is 6.01. The molecule has 208 valence electrons. The molecule has 2 atom stereocenters. The Morgan fingerprint density at radius 3 is 2.02 bits per heavy atom. The van der Waals surface area contributed by atoms with Crippen LogP contribution >= 0.6 is 0 Å². The van der Waals surface area contributed by atoms with Gasteiger partial charge in [-0.1, -0.05) is 91.0 Å². The van der Waals surface area contributed by atoms with E-state index in [0.29, 0.717) is 17.0 Å². The third kappa shape index (κ3) is 6.83. The van der Waals surface area contributed by atoms with Crippen molar-refractivity contribution in [3.05, 3.63) is 126 Å². The van der Waals surface area contributed by atoms with Crippen molar-refractivity contribution in [1.29, 1.82) is 0 Å². The average Bonchev–Trinajstić information content (AvgIpc) is 3.11. The largest absolute Gasteiger partial charge is 0.514 e. The maximum Gasteiger partial charge on any atom is 0.514 e. The Hall–Kier alpha value is -5.31. The Labute approximate surface area is 237 Å². The molecule has 5 rings (SSSR count). The molecule has 0 spiro atoms. The van der Waals surface area contributed by atoms with Crippen molar-refractivity contribution < 1.29 is 33.3 Å². The van der Waals surface area contributed by atoms with Crippen molar-refractivity contribution in [3.8, 4) is 11.5 Å². The van der Waals surface area contributed by atoms with Crippen molar-refractivity contribution in [1.82, 2.24) is 5.32 Å². The normalized spacial score (nSPS) is 16.0. The fourth-order valence-electron chi connectivity index (χ4n) is 4.36. The van der Waals surface area contributed by atoms with E-state index < -0.39 is 30.3 Å². The fraction of sp³-hybridized carbons (Fsp3) is 0.156. The van der Waals surface area contributed by atoms with Crippen LogP contribution in [0.15, 0.2) is 109 Å². The molecule has 0 unspecified atom stereocenters. The lowest BCUT2D eigenvalue weighted by molar-refractivity contribution is -0.122. The molecule has 1 N–H and O–H groups in total. The van der Waals surface area contributed by atoms with Gasteiger partial charge in [0.1, 0.15) is 24.7 Å². The molecule has 4 aromatic carbocycles. The van der Waals surface area contributed by atoms with Crippen LogP contribution in [0, 0.1) is 0 Å². The number of anilines is 1. The fourth-order valence-corrected chi connectivity index (χ4v) is 4.36. The molecule has 4 aromatic rings. The number of alkyl carbamates (subject to hydrolysis) is 1. The second-order valence-corrected chi connectivity index (χ2v) is 9.29. The minimum absolute atomic E-state index is 0.0432. The highest BCUT2D eigenvalue weighted by Gasteiger charge is 2.39. The topological polar surface area (TPSA) is 103 Å². The molecule has 0 saturated carbocycles. The van der Waals surface area contributed by atoms with Crippen LogP contribution in [0.25, 0.3) is 0 Å². The predicted molar refractivity (Wildman–Crippen MR) is 150 cm³/mol. The summed E-state index contributed by atoms with van der Waals surface area (Å²) in [5.74, 6) is 0.0785. The number of rotatable bonds is 7. The molecule has 2 amide bonds. The smallest absolute Gasteiger partial charge is 0.481 e. The highest BCUT2D eigenvalue weighted by atomic mass is 16.7. The standard InChI is InChI=1S/C32H28N2O7/c1-34-26-19-25(40-32(37)39-21-23-13-7-3-8-14-23)17-18-27(26)41-29(24-15-9-4-10-16-24)28(30(34)35)33-31(36)38-20-22-11-5-2-6-12-22/h2-19,28-29H,20-21H2,1H3,(H,33,36)/t28-,29+/m0/s1. The lowest BCUT2D eigenvalue weighted by Crippen LogP contribution is -2.50. The van der Waals surface area contributed by atoms with Crippen LogP contribution in [0.4, 0.5) is 15.3 Å². The maximum atomic E-state index is 13.7. The van der Waals surface area contributed by atoms with E-state index in [0.717, 1.165) is 11.1 Å². The summed E-state index contributed by atoms with van der Waals surface area (Å²) in [7, 11) is 1.55.